The number of ether oxygens (including phenoxy) is 1. The molecule has 0 bridgehead atoms. The standard InChI is InChI=1S/C24H26N4O3/c1-14-10-16(12-26-23(14)31-3)15-4-9-20-19(11-15)22-21(13-25-20)27(2)24(30)28(22)17-5-7-18(29)8-6-17/h4,9-13,17-18,29H,5-8H2,1-3H3. The van der Waals surface area contributed by atoms with E-state index in [9.17, 15) is 9.90 Å². The molecule has 1 fully saturated rings. The van der Waals surface area contributed by atoms with E-state index >= 15 is 0 Å². The van der Waals surface area contributed by atoms with Crippen LogP contribution in [0.3, 0.4) is 0 Å². The van der Waals surface area contributed by atoms with E-state index in [-0.39, 0.29) is 17.8 Å². The lowest BCUT2D eigenvalue weighted by atomic mass is 9.92. The normalized spacial score (nSPS) is 19.2. The smallest absolute Gasteiger partial charge is 0.329 e. The molecule has 3 aromatic heterocycles. The summed E-state index contributed by atoms with van der Waals surface area (Å²) < 4.78 is 8.89. The summed E-state index contributed by atoms with van der Waals surface area (Å²) in [5, 5.41) is 10.9. The molecule has 7 heteroatoms. The molecule has 0 radical (unpaired) electrons. The maximum Gasteiger partial charge on any atom is 0.329 e. The van der Waals surface area contributed by atoms with Gasteiger partial charge in [-0.15, -0.1) is 0 Å². The molecular weight excluding hydrogens is 392 g/mol. The van der Waals surface area contributed by atoms with Gasteiger partial charge in [0, 0.05) is 35.8 Å². The fourth-order valence-electron chi connectivity index (χ4n) is 4.80. The summed E-state index contributed by atoms with van der Waals surface area (Å²) in [5.74, 6) is 0.616. The molecule has 0 atom stereocenters. The number of imidazole rings is 1. The van der Waals surface area contributed by atoms with Crippen molar-refractivity contribution in [3.05, 3.63) is 52.7 Å². The number of methoxy groups -OCH3 is 1. The Bertz CT molecular complexity index is 1350. The van der Waals surface area contributed by atoms with Crippen LogP contribution in [0.4, 0.5) is 0 Å². The Hall–Kier alpha value is -3.19. The number of rotatable bonds is 3. The SMILES string of the molecule is COc1ncc(-c2ccc3ncc4c(c3c2)n(C2CCC(O)CC2)c(=O)n4C)cc1C. The number of aliphatic hydroxyl groups excluding tert-OH is 1. The van der Waals surface area contributed by atoms with Gasteiger partial charge < -0.3 is 9.84 Å². The van der Waals surface area contributed by atoms with Crippen molar-refractivity contribution in [1.29, 1.82) is 0 Å². The van der Waals surface area contributed by atoms with Gasteiger partial charge in [-0.05, 0) is 56.4 Å². The molecular formula is C24H26N4O3. The third-order valence-corrected chi connectivity index (χ3v) is 6.50. The number of aryl methyl sites for hydroxylation is 2. The number of hydrogen-bond donors (Lipinski definition) is 1. The molecule has 0 saturated heterocycles. The molecule has 1 aliphatic rings. The van der Waals surface area contributed by atoms with E-state index in [0.717, 1.165) is 64.3 Å². The molecule has 31 heavy (non-hydrogen) atoms. The van der Waals surface area contributed by atoms with Crippen LogP contribution in [-0.2, 0) is 7.05 Å². The number of fused-ring (bicyclic) bond motifs is 3. The monoisotopic (exact) mass is 418 g/mol. The molecule has 1 aliphatic carbocycles. The highest BCUT2D eigenvalue weighted by atomic mass is 16.5. The first-order valence-electron chi connectivity index (χ1n) is 10.7. The molecule has 1 N–H and O–H groups in total. The summed E-state index contributed by atoms with van der Waals surface area (Å²) in [6.45, 7) is 1.97. The van der Waals surface area contributed by atoms with Gasteiger partial charge in [-0.3, -0.25) is 14.1 Å². The number of nitrogens with zero attached hydrogens (tertiary/aromatic N) is 4. The highest BCUT2D eigenvalue weighted by molar-refractivity contribution is 6.04. The summed E-state index contributed by atoms with van der Waals surface area (Å²) in [6, 6.07) is 8.27. The summed E-state index contributed by atoms with van der Waals surface area (Å²) in [4.78, 5) is 22.2. The van der Waals surface area contributed by atoms with Crippen LogP contribution in [0.25, 0.3) is 33.1 Å². The van der Waals surface area contributed by atoms with E-state index < -0.39 is 0 Å². The van der Waals surface area contributed by atoms with Crippen LogP contribution in [0.1, 0.15) is 37.3 Å². The Morgan fingerprint density at radius 1 is 1.06 bits per heavy atom. The zero-order valence-corrected chi connectivity index (χ0v) is 18.0. The van der Waals surface area contributed by atoms with E-state index in [2.05, 4.69) is 22.1 Å². The van der Waals surface area contributed by atoms with Gasteiger partial charge in [0.15, 0.2) is 0 Å². The first-order valence-corrected chi connectivity index (χ1v) is 10.7. The van der Waals surface area contributed by atoms with Crippen LogP contribution >= 0.6 is 0 Å². The van der Waals surface area contributed by atoms with E-state index in [1.807, 2.05) is 23.6 Å². The number of aromatic nitrogens is 4. The van der Waals surface area contributed by atoms with Gasteiger partial charge in [0.2, 0.25) is 5.88 Å². The zero-order valence-electron chi connectivity index (χ0n) is 18.0. The average molecular weight is 418 g/mol. The van der Waals surface area contributed by atoms with Crippen molar-refractivity contribution >= 4 is 21.9 Å². The van der Waals surface area contributed by atoms with Crippen molar-refractivity contribution in [1.82, 2.24) is 19.1 Å². The minimum atomic E-state index is -0.266. The average Bonchev–Trinajstić information content (AvgIpc) is 3.04. The van der Waals surface area contributed by atoms with Crippen LogP contribution in [0, 0.1) is 6.92 Å². The molecule has 5 rings (SSSR count). The van der Waals surface area contributed by atoms with Gasteiger partial charge in [-0.2, -0.15) is 0 Å². The van der Waals surface area contributed by atoms with E-state index in [1.54, 1.807) is 31.1 Å². The quantitative estimate of drug-likeness (QED) is 0.548. The van der Waals surface area contributed by atoms with Crippen molar-refractivity contribution in [2.75, 3.05) is 7.11 Å². The van der Waals surface area contributed by atoms with Crippen LogP contribution in [0.2, 0.25) is 0 Å². The van der Waals surface area contributed by atoms with Gasteiger partial charge in [0.1, 0.15) is 0 Å². The van der Waals surface area contributed by atoms with E-state index in [0.29, 0.717) is 5.88 Å². The number of hydrogen-bond acceptors (Lipinski definition) is 5. The lowest BCUT2D eigenvalue weighted by Gasteiger charge is -2.26. The summed E-state index contributed by atoms with van der Waals surface area (Å²) in [7, 11) is 3.42. The van der Waals surface area contributed by atoms with Gasteiger partial charge >= 0.3 is 5.69 Å². The Labute approximate surface area is 179 Å². The first kappa shape index (κ1) is 19.8. The molecule has 0 spiro atoms. The molecule has 160 valence electrons. The predicted octanol–water partition coefficient (Wildman–Crippen LogP) is 3.74. The number of benzene rings is 1. The fraction of sp³-hybridized carbons (Fsp3) is 0.375. The predicted molar refractivity (Wildman–Crippen MR) is 121 cm³/mol. The van der Waals surface area contributed by atoms with Crippen LogP contribution < -0.4 is 10.4 Å². The highest BCUT2D eigenvalue weighted by Crippen LogP contribution is 2.34. The first-order chi connectivity index (χ1) is 15.0. The Balaban J connectivity index is 1.73. The largest absolute Gasteiger partial charge is 0.481 e. The number of pyridine rings is 2. The maximum absolute atomic E-state index is 13.2. The van der Waals surface area contributed by atoms with Crippen molar-refractivity contribution < 1.29 is 9.84 Å². The molecule has 1 saturated carbocycles. The second-order valence-electron chi connectivity index (χ2n) is 8.45. The van der Waals surface area contributed by atoms with Crippen LogP contribution in [0.15, 0.2) is 41.5 Å². The van der Waals surface area contributed by atoms with Crippen molar-refractivity contribution in [2.45, 2.75) is 44.8 Å². The van der Waals surface area contributed by atoms with Gasteiger partial charge in [0.05, 0.1) is 36.0 Å². The Morgan fingerprint density at radius 2 is 1.84 bits per heavy atom. The summed E-state index contributed by atoms with van der Waals surface area (Å²) in [6.07, 6.45) is 6.36. The highest BCUT2D eigenvalue weighted by Gasteiger charge is 2.26. The third-order valence-electron chi connectivity index (χ3n) is 6.50. The molecule has 4 aromatic rings. The molecule has 0 unspecified atom stereocenters. The second-order valence-corrected chi connectivity index (χ2v) is 8.45. The molecule has 0 amide bonds. The van der Waals surface area contributed by atoms with Crippen molar-refractivity contribution in [2.24, 2.45) is 7.05 Å². The molecule has 0 aliphatic heterocycles. The lowest BCUT2D eigenvalue weighted by molar-refractivity contribution is 0.111. The maximum atomic E-state index is 13.2. The van der Waals surface area contributed by atoms with E-state index in [1.165, 1.54) is 0 Å². The molecule has 1 aromatic carbocycles. The lowest BCUT2D eigenvalue weighted by Crippen LogP contribution is -2.29. The van der Waals surface area contributed by atoms with Crippen molar-refractivity contribution in [3.63, 3.8) is 0 Å². The topological polar surface area (TPSA) is 82.2 Å². The third kappa shape index (κ3) is 3.20. The van der Waals surface area contributed by atoms with Crippen molar-refractivity contribution in [3.8, 4) is 17.0 Å². The summed E-state index contributed by atoms with van der Waals surface area (Å²) >= 11 is 0. The van der Waals surface area contributed by atoms with Crippen LogP contribution in [0.5, 0.6) is 5.88 Å². The van der Waals surface area contributed by atoms with Gasteiger partial charge in [-0.25, -0.2) is 9.78 Å². The second kappa shape index (κ2) is 7.50. The number of aliphatic hydroxyl groups is 1. The fourth-order valence-corrected chi connectivity index (χ4v) is 4.80. The molecule has 7 nitrogen and oxygen atoms in total. The zero-order chi connectivity index (χ0) is 21.7. The minimum absolute atomic E-state index is 0.0296. The van der Waals surface area contributed by atoms with Crippen LogP contribution in [-0.4, -0.2) is 37.4 Å². The Morgan fingerprint density at radius 3 is 2.55 bits per heavy atom. The minimum Gasteiger partial charge on any atom is -0.481 e. The summed E-state index contributed by atoms with van der Waals surface area (Å²) in [5.41, 5.74) is 5.53. The van der Waals surface area contributed by atoms with Gasteiger partial charge in [-0.1, -0.05) is 6.07 Å². The van der Waals surface area contributed by atoms with Gasteiger partial charge in [0.25, 0.3) is 0 Å². The Kier molecular flexibility index (Phi) is 4.78. The molecule has 3 heterocycles. The van der Waals surface area contributed by atoms with E-state index in [4.69, 9.17) is 4.74 Å².